The summed E-state index contributed by atoms with van der Waals surface area (Å²) in [5.41, 5.74) is 2.14. The molecule has 2 aromatic rings. The summed E-state index contributed by atoms with van der Waals surface area (Å²) in [5.74, 6) is 1.37. The lowest BCUT2D eigenvalue weighted by molar-refractivity contribution is 0.0476. The van der Waals surface area contributed by atoms with Gasteiger partial charge in [0.05, 0.1) is 0 Å². The van der Waals surface area contributed by atoms with Crippen LogP contribution in [0, 0.1) is 0 Å². The second-order valence-electron chi connectivity index (χ2n) is 3.95. The highest BCUT2D eigenvalue weighted by atomic mass is 35.5. The third-order valence-corrected chi connectivity index (χ3v) is 3.73. The van der Waals surface area contributed by atoms with Gasteiger partial charge in [-0.3, -0.25) is 0 Å². The Bertz CT molecular complexity index is 603. The van der Waals surface area contributed by atoms with Gasteiger partial charge in [-0.25, -0.2) is 0 Å². The van der Waals surface area contributed by atoms with Crippen LogP contribution in [-0.2, 0) is 0 Å². The molecular formula is C14H11ClN2OS. The van der Waals surface area contributed by atoms with E-state index in [1.807, 2.05) is 42.5 Å². The maximum Gasteiger partial charge on any atom is 0.239 e. The van der Waals surface area contributed by atoms with Gasteiger partial charge in [0.15, 0.2) is 5.75 Å². The molecule has 96 valence electrons. The van der Waals surface area contributed by atoms with E-state index in [1.54, 1.807) is 5.06 Å². The molecular weight excluding hydrogens is 280 g/mol. The third-order valence-electron chi connectivity index (χ3n) is 2.70. The van der Waals surface area contributed by atoms with Crippen molar-refractivity contribution < 1.29 is 4.84 Å². The highest BCUT2D eigenvalue weighted by Crippen LogP contribution is 2.31. The Morgan fingerprint density at radius 2 is 1.79 bits per heavy atom. The van der Waals surface area contributed by atoms with Crippen molar-refractivity contribution >= 4 is 28.8 Å². The van der Waals surface area contributed by atoms with Gasteiger partial charge in [-0.1, -0.05) is 48.5 Å². The lowest BCUT2D eigenvalue weighted by Gasteiger charge is -2.18. The molecule has 1 aliphatic rings. The van der Waals surface area contributed by atoms with Gasteiger partial charge in [-0.15, -0.1) is 0 Å². The smallest absolute Gasteiger partial charge is 0.239 e. The molecule has 0 aliphatic carbocycles. The Hall–Kier alpha value is -1.65. The Kier molecular flexibility index (Phi) is 3.62. The zero-order valence-electron chi connectivity index (χ0n) is 9.99. The highest BCUT2D eigenvalue weighted by Gasteiger charge is 2.19. The molecule has 2 aromatic carbocycles. The number of nitrogens with zero attached hydrogens (tertiary/aromatic N) is 2. The van der Waals surface area contributed by atoms with Crippen LogP contribution in [0.4, 0.5) is 0 Å². The minimum Gasteiger partial charge on any atom is -0.376 e. The van der Waals surface area contributed by atoms with Gasteiger partial charge in [-0.05, 0) is 23.2 Å². The fraction of sp³-hybridized carbons (Fsp3) is 0.0714. The molecule has 0 spiro atoms. The average molecular weight is 291 g/mol. The van der Waals surface area contributed by atoms with Gasteiger partial charge in [0, 0.05) is 17.5 Å². The van der Waals surface area contributed by atoms with Gasteiger partial charge >= 0.3 is 0 Å². The van der Waals surface area contributed by atoms with Crippen molar-refractivity contribution in [3.63, 3.8) is 0 Å². The van der Waals surface area contributed by atoms with Gasteiger partial charge in [0.1, 0.15) is 5.88 Å². The van der Waals surface area contributed by atoms with Crippen LogP contribution in [0.5, 0.6) is 5.75 Å². The second kappa shape index (κ2) is 5.55. The second-order valence-corrected chi connectivity index (χ2v) is 4.99. The monoisotopic (exact) mass is 290 g/mol. The van der Waals surface area contributed by atoms with E-state index in [2.05, 4.69) is 16.5 Å². The normalized spacial score (nSPS) is 14.4. The summed E-state index contributed by atoms with van der Waals surface area (Å²) in [6.45, 7) is 0. The quantitative estimate of drug-likeness (QED) is 0.627. The summed E-state index contributed by atoms with van der Waals surface area (Å²) in [7, 11) is 0. The number of para-hydroxylation sites is 1. The van der Waals surface area contributed by atoms with E-state index >= 15 is 0 Å². The predicted molar refractivity (Wildman–Crippen MR) is 80.1 cm³/mol. The summed E-state index contributed by atoms with van der Waals surface area (Å²) < 4.78 is 4.02. The maximum atomic E-state index is 5.96. The number of rotatable bonds is 3. The van der Waals surface area contributed by atoms with E-state index in [0.717, 1.165) is 16.9 Å². The molecule has 0 saturated carbocycles. The first-order valence-corrected chi connectivity index (χ1v) is 7.12. The van der Waals surface area contributed by atoms with Crippen molar-refractivity contribution in [2.75, 3.05) is 5.88 Å². The van der Waals surface area contributed by atoms with E-state index < -0.39 is 0 Å². The SMILES string of the molecule is ClC1=NSCN1Oc1ccccc1-c1ccccc1. The zero-order valence-corrected chi connectivity index (χ0v) is 11.6. The Morgan fingerprint density at radius 1 is 1.05 bits per heavy atom. The maximum absolute atomic E-state index is 5.96. The predicted octanol–water partition coefficient (Wildman–Crippen LogP) is 4.16. The Morgan fingerprint density at radius 3 is 2.53 bits per heavy atom. The van der Waals surface area contributed by atoms with Crippen LogP contribution in [-0.4, -0.2) is 16.2 Å². The van der Waals surface area contributed by atoms with Crippen LogP contribution in [0.2, 0.25) is 0 Å². The fourth-order valence-electron chi connectivity index (χ4n) is 1.82. The molecule has 0 radical (unpaired) electrons. The van der Waals surface area contributed by atoms with E-state index in [-0.39, 0.29) is 0 Å². The molecule has 0 atom stereocenters. The van der Waals surface area contributed by atoms with Crippen molar-refractivity contribution in [3.8, 4) is 16.9 Å². The molecule has 0 unspecified atom stereocenters. The number of hydrogen-bond acceptors (Lipinski definition) is 4. The standard InChI is InChI=1S/C14H11ClN2OS/c15-14-16-19-10-17(14)18-13-9-5-4-8-12(13)11-6-2-1-3-7-11/h1-9H,10H2. The molecule has 5 heteroatoms. The Labute approximate surface area is 120 Å². The van der Waals surface area contributed by atoms with Crippen molar-refractivity contribution in [2.45, 2.75) is 0 Å². The first-order valence-electron chi connectivity index (χ1n) is 5.80. The van der Waals surface area contributed by atoms with Crippen LogP contribution in [0.1, 0.15) is 0 Å². The van der Waals surface area contributed by atoms with Gasteiger partial charge in [-0.2, -0.15) is 9.46 Å². The lowest BCUT2D eigenvalue weighted by atomic mass is 10.1. The number of benzene rings is 2. The molecule has 19 heavy (non-hydrogen) atoms. The molecule has 0 aromatic heterocycles. The van der Waals surface area contributed by atoms with Gasteiger partial charge in [0.25, 0.3) is 0 Å². The summed E-state index contributed by atoms with van der Waals surface area (Å²) in [4.78, 5) is 5.82. The third kappa shape index (κ3) is 2.69. The zero-order chi connectivity index (χ0) is 13.1. The number of hydroxylamine groups is 2. The fourth-order valence-corrected chi connectivity index (χ4v) is 2.67. The van der Waals surface area contributed by atoms with E-state index in [0.29, 0.717) is 11.2 Å². The van der Waals surface area contributed by atoms with E-state index in [9.17, 15) is 0 Å². The van der Waals surface area contributed by atoms with Crippen LogP contribution >= 0.6 is 23.5 Å². The van der Waals surface area contributed by atoms with Crippen LogP contribution in [0.3, 0.4) is 0 Å². The number of halogens is 1. The molecule has 0 amide bonds. The summed E-state index contributed by atoms with van der Waals surface area (Å²) in [5, 5.41) is 1.95. The minimum atomic E-state index is 0.368. The van der Waals surface area contributed by atoms with E-state index in [4.69, 9.17) is 16.4 Å². The summed E-state index contributed by atoms with van der Waals surface area (Å²) >= 11 is 7.32. The van der Waals surface area contributed by atoms with Crippen LogP contribution in [0.15, 0.2) is 59.0 Å². The molecule has 0 N–H and O–H groups in total. The average Bonchev–Trinajstić information content (AvgIpc) is 2.86. The molecule has 1 heterocycles. The first-order chi connectivity index (χ1) is 9.34. The summed E-state index contributed by atoms with van der Waals surface area (Å²) in [6.07, 6.45) is 0. The van der Waals surface area contributed by atoms with Gasteiger partial charge < -0.3 is 4.84 Å². The van der Waals surface area contributed by atoms with E-state index in [1.165, 1.54) is 11.9 Å². The largest absolute Gasteiger partial charge is 0.376 e. The lowest BCUT2D eigenvalue weighted by Crippen LogP contribution is -2.27. The molecule has 0 bridgehead atoms. The Balaban J connectivity index is 1.92. The van der Waals surface area contributed by atoms with Crippen molar-refractivity contribution in [3.05, 3.63) is 54.6 Å². The molecule has 3 nitrogen and oxygen atoms in total. The number of hydrogen-bond donors (Lipinski definition) is 0. The molecule has 1 aliphatic heterocycles. The highest BCUT2D eigenvalue weighted by molar-refractivity contribution is 7.98. The van der Waals surface area contributed by atoms with Crippen LogP contribution < -0.4 is 4.84 Å². The molecule has 0 fully saturated rings. The number of amidine groups is 1. The topological polar surface area (TPSA) is 24.8 Å². The van der Waals surface area contributed by atoms with Gasteiger partial charge in [0.2, 0.25) is 5.29 Å². The van der Waals surface area contributed by atoms with Crippen molar-refractivity contribution in [1.82, 2.24) is 5.06 Å². The minimum absolute atomic E-state index is 0.368. The molecule has 0 saturated heterocycles. The van der Waals surface area contributed by atoms with Crippen molar-refractivity contribution in [1.29, 1.82) is 0 Å². The summed E-state index contributed by atoms with van der Waals surface area (Å²) in [6, 6.07) is 18.0. The molecule has 3 rings (SSSR count). The van der Waals surface area contributed by atoms with Crippen molar-refractivity contribution in [2.24, 2.45) is 4.40 Å². The van der Waals surface area contributed by atoms with Crippen LogP contribution in [0.25, 0.3) is 11.1 Å². The first kappa shape index (κ1) is 12.4.